The summed E-state index contributed by atoms with van der Waals surface area (Å²) in [6.45, 7) is 1.03. The Morgan fingerprint density at radius 1 is 0.941 bits per heavy atom. The summed E-state index contributed by atoms with van der Waals surface area (Å²) >= 11 is 0. The van der Waals surface area contributed by atoms with Crippen LogP contribution in [0.4, 0.5) is 10.5 Å². The Morgan fingerprint density at radius 2 is 1.68 bits per heavy atom. The summed E-state index contributed by atoms with van der Waals surface area (Å²) in [5.41, 5.74) is 3.35. The number of amides is 2. The molecule has 0 bridgehead atoms. The summed E-state index contributed by atoms with van der Waals surface area (Å²) in [4.78, 5) is 46.2. The number of hydrogen-bond donors (Lipinski definition) is 1. The molecule has 0 saturated heterocycles. The minimum atomic E-state index is -0.956. The average molecular weight is 466 g/mol. The molecule has 2 aromatic rings. The van der Waals surface area contributed by atoms with Gasteiger partial charge in [-0.1, -0.05) is 42.2 Å². The van der Waals surface area contributed by atoms with E-state index in [0.29, 0.717) is 6.54 Å². The molecule has 2 aromatic carbocycles. The zero-order valence-electron chi connectivity index (χ0n) is 18.9. The summed E-state index contributed by atoms with van der Waals surface area (Å²) in [6, 6.07) is 15.2. The van der Waals surface area contributed by atoms with Gasteiger partial charge in [0, 0.05) is 30.5 Å². The molecule has 1 aliphatic heterocycles. The van der Waals surface area contributed by atoms with E-state index >= 15 is 0 Å². The van der Waals surface area contributed by atoms with Crippen molar-refractivity contribution in [2.24, 2.45) is 0 Å². The number of ether oxygens (including phenoxy) is 2. The first-order valence-electron chi connectivity index (χ1n) is 10.8. The number of para-hydroxylation sites is 1. The first-order valence-corrected chi connectivity index (χ1v) is 10.8. The predicted octanol–water partition coefficient (Wildman–Crippen LogP) is 2.56. The lowest BCUT2D eigenvalue weighted by molar-refractivity contribution is -0.232. The first-order chi connectivity index (χ1) is 16.6. The molecule has 0 aliphatic carbocycles. The largest absolute Gasteiger partial charge is 0.540 e. The topological polar surface area (TPSA) is 103 Å². The van der Waals surface area contributed by atoms with Crippen molar-refractivity contribution in [3.05, 3.63) is 65.2 Å². The summed E-state index contributed by atoms with van der Waals surface area (Å²) in [6.07, 6.45) is -0.842. The third-order valence-electron chi connectivity index (χ3n) is 4.91. The fourth-order valence-corrected chi connectivity index (χ4v) is 3.29. The standard InChI is InChI=1S/C25H26N2O7/c1-31-34-25(30)33-17-16-32-15-14-26-23(28)12-13-24(29)27-18-21-8-3-2-6-19(21)10-11-20-7-4-5-9-22(20)27/h2-9H,12-18H2,1H3,(H,26,28). The molecule has 0 saturated carbocycles. The summed E-state index contributed by atoms with van der Waals surface area (Å²) < 4.78 is 9.90. The van der Waals surface area contributed by atoms with Crippen LogP contribution < -0.4 is 10.2 Å². The molecule has 178 valence electrons. The maximum Gasteiger partial charge on any atom is 0.540 e. The fraction of sp³-hybridized carbons (Fsp3) is 0.320. The van der Waals surface area contributed by atoms with Crippen molar-refractivity contribution in [2.75, 3.05) is 38.4 Å². The van der Waals surface area contributed by atoms with Crippen molar-refractivity contribution in [1.29, 1.82) is 0 Å². The number of hydrogen-bond acceptors (Lipinski definition) is 7. The van der Waals surface area contributed by atoms with E-state index in [2.05, 4.69) is 31.7 Å². The van der Waals surface area contributed by atoms with Crippen LogP contribution in [0.1, 0.15) is 29.5 Å². The highest BCUT2D eigenvalue weighted by Crippen LogP contribution is 2.26. The molecule has 0 spiro atoms. The van der Waals surface area contributed by atoms with Crippen molar-refractivity contribution >= 4 is 23.7 Å². The van der Waals surface area contributed by atoms with Crippen molar-refractivity contribution in [3.8, 4) is 11.8 Å². The number of nitrogens with one attached hydrogen (secondary N) is 1. The third kappa shape index (κ3) is 7.33. The molecule has 0 atom stereocenters. The van der Waals surface area contributed by atoms with Crippen LogP contribution in [-0.2, 0) is 35.4 Å². The summed E-state index contributed by atoms with van der Waals surface area (Å²) in [7, 11) is 1.19. The van der Waals surface area contributed by atoms with Gasteiger partial charge in [0.1, 0.15) is 6.61 Å². The zero-order chi connectivity index (χ0) is 24.2. The van der Waals surface area contributed by atoms with Gasteiger partial charge in [-0.3, -0.25) is 14.5 Å². The van der Waals surface area contributed by atoms with Crippen molar-refractivity contribution in [1.82, 2.24) is 5.32 Å². The highest BCUT2D eigenvalue weighted by atomic mass is 17.2. The number of benzene rings is 2. The lowest BCUT2D eigenvalue weighted by Crippen LogP contribution is -2.34. The number of carbonyl (C=O) groups is 3. The number of rotatable bonds is 10. The maximum atomic E-state index is 13.1. The molecular formula is C25H26N2O7. The number of nitrogens with zero attached hydrogens (tertiary/aromatic N) is 1. The minimum Gasteiger partial charge on any atom is -0.430 e. The van der Waals surface area contributed by atoms with Crippen LogP contribution in [0, 0.1) is 11.8 Å². The molecule has 0 unspecified atom stereocenters. The lowest BCUT2D eigenvalue weighted by Gasteiger charge is -2.26. The SMILES string of the molecule is COOC(=O)OCCOCCNC(=O)CCC(=O)N1Cc2ccccc2C#Cc2ccccc21. The predicted molar refractivity (Wildman–Crippen MR) is 123 cm³/mol. The molecule has 9 nitrogen and oxygen atoms in total. The average Bonchev–Trinajstić information content (AvgIpc) is 2.83. The molecule has 3 rings (SSSR count). The molecule has 2 amide bonds. The van der Waals surface area contributed by atoms with Gasteiger partial charge in [-0.15, -0.1) is 0 Å². The van der Waals surface area contributed by atoms with Crippen LogP contribution >= 0.6 is 0 Å². The van der Waals surface area contributed by atoms with Crippen molar-refractivity contribution < 1.29 is 33.6 Å². The molecule has 34 heavy (non-hydrogen) atoms. The van der Waals surface area contributed by atoms with E-state index in [1.54, 1.807) is 4.90 Å². The molecule has 1 N–H and O–H groups in total. The Kier molecular flexibility index (Phi) is 9.46. The van der Waals surface area contributed by atoms with Crippen LogP contribution in [0.5, 0.6) is 0 Å². The lowest BCUT2D eigenvalue weighted by atomic mass is 10.0. The number of anilines is 1. The minimum absolute atomic E-state index is 0.00451. The Morgan fingerprint density at radius 3 is 2.50 bits per heavy atom. The Bertz CT molecular complexity index is 1070. The number of carbonyl (C=O) groups excluding carboxylic acids is 3. The van der Waals surface area contributed by atoms with E-state index in [1.807, 2.05) is 48.5 Å². The van der Waals surface area contributed by atoms with Gasteiger partial charge in [0.25, 0.3) is 0 Å². The van der Waals surface area contributed by atoms with Gasteiger partial charge in [0.05, 0.1) is 32.6 Å². The monoisotopic (exact) mass is 466 g/mol. The first kappa shape index (κ1) is 24.8. The quantitative estimate of drug-likeness (QED) is 0.189. The highest BCUT2D eigenvalue weighted by molar-refractivity contribution is 5.96. The van der Waals surface area contributed by atoms with E-state index in [1.165, 1.54) is 7.11 Å². The Labute approximate surface area is 197 Å². The van der Waals surface area contributed by atoms with Gasteiger partial charge in [-0.2, -0.15) is 4.89 Å². The van der Waals surface area contributed by atoms with E-state index in [-0.39, 0.29) is 51.0 Å². The molecular weight excluding hydrogens is 440 g/mol. The van der Waals surface area contributed by atoms with E-state index in [9.17, 15) is 14.4 Å². The molecule has 0 fully saturated rings. The van der Waals surface area contributed by atoms with Crippen LogP contribution in [0.2, 0.25) is 0 Å². The molecule has 1 heterocycles. The van der Waals surface area contributed by atoms with Crippen LogP contribution in [-0.4, -0.2) is 51.4 Å². The third-order valence-corrected chi connectivity index (χ3v) is 4.91. The second-order valence-corrected chi connectivity index (χ2v) is 7.21. The van der Waals surface area contributed by atoms with Gasteiger partial charge in [0.15, 0.2) is 0 Å². The van der Waals surface area contributed by atoms with Gasteiger partial charge in [0.2, 0.25) is 11.8 Å². The van der Waals surface area contributed by atoms with E-state index < -0.39 is 6.16 Å². The van der Waals surface area contributed by atoms with Crippen LogP contribution in [0.25, 0.3) is 0 Å². The Hall–Kier alpha value is -3.87. The van der Waals surface area contributed by atoms with Gasteiger partial charge >= 0.3 is 6.16 Å². The van der Waals surface area contributed by atoms with Gasteiger partial charge in [-0.25, -0.2) is 4.79 Å². The Balaban J connectivity index is 1.46. The summed E-state index contributed by atoms with van der Waals surface area (Å²) in [5.74, 6) is 5.93. The van der Waals surface area contributed by atoms with Crippen LogP contribution in [0.15, 0.2) is 48.5 Å². The molecule has 0 radical (unpaired) electrons. The van der Waals surface area contributed by atoms with E-state index in [4.69, 9.17) is 4.74 Å². The number of fused-ring (bicyclic) bond motifs is 2. The van der Waals surface area contributed by atoms with Crippen LogP contribution in [0.3, 0.4) is 0 Å². The molecule has 0 aromatic heterocycles. The maximum absolute atomic E-state index is 13.1. The smallest absolute Gasteiger partial charge is 0.430 e. The normalized spacial score (nSPS) is 11.6. The van der Waals surface area contributed by atoms with Gasteiger partial charge < -0.3 is 19.7 Å². The second kappa shape index (κ2) is 13.0. The van der Waals surface area contributed by atoms with Crippen molar-refractivity contribution in [2.45, 2.75) is 19.4 Å². The summed E-state index contributed by atoms with van der Waals surface area (Å²) in [5, 5.41) is 2.71. The van der Waals surface area contributed by atoms with E-state index in [0.717, 1.165) is 22.4 Å². The highest BCUT2D eigenvalue weighted by Gasteiger charge is 2.21. The molecule has 9 heteroatoms. The fourth-order valence-electron chi connectivity index (χ4n) is 3.29. The molecule has 1 aliphatic rings. The van der Waals surface area contributed by atoms with Crippen molar-refractivity contribution in [3.63, 3.8) is 0 Å². The van der Waals surface area contributed by atoms with Gasteiger partial charge in [-0.05, 0) is 23.8 Å². The second-order valence-electron chi connectivity index (χ2n) is 7.21. The zero-order valence-corrected chi connectivity index (χ0v) is 18.9.